The van der Waals surface area contributed by atoms with Gasteiger partial charge in [-0.1, -0.05) is 0 Å². The average Bonchev–Trinajstić information content (AvgIpc) is 2.40. The number of halogens is 1. The zero-order chi connectivity index (χ0) is 12.1. The van der Waals surface area contributed by atoms with Gasteiger partial charge in [0.2, 0.25) is 5.88 Å². The minimum Gasteiger partial charge on any atom is -0.497 e. The van der Waals surface area contributed by atoms with Crippen molar-refractivity contribution < 1.29 is 9.47 Å². The molecule has 1 aromatic carbocycles. The number of nitrogens with zero attached hydrogens (tertiary/aromatic N) is 2. The Bertz CT molecular complexity index is 425. The summed E-state index contributed by atoms with van der Waals surface area (Å²) in [5.74, 6) is 2.24. The Morgan fingerprint density at radius 3 is 2.29 bits per heavy atom. The molecule has 0 N–H and O–H groups in total. The Labute approximate surface area is 104 Å². The predicted octanol–water partition coefficient (Wildman–Crippen LogP) is 3.02. The lowest BCUT2D eigenvalue weighted by Crippen LogP contribution is -1.92. The first-order chi connectivity index (χ1) is 8.31. The van der Waals surface area contributed by atoms with Crippen molar-refractivity contribution in [1.82, 2.24) is 9.97 Å². The molecule has 88 valence electrons. The van der Waals surface area contributed by atoms with E-state index in [4.69, 9.17) is 21.1 Å². The zero-order valence-electron chi connectivity index (χ0n) is 9.26. The molecular weight excluding hydrogens is 240 g/mol. The van der Waals surface area contributed by atoms with E-state index < -0.39 is 0 Å². The van der Waals surface area contributed by atoms with Crippen LogP contribution in [0.1, 0.15) is 5.69 Å². The predicted molar refractivity (Wildman–Crippen MR) is 64.7 cm³/mol. The fourth-order valence-corrected chi connectivity index (χ4v) is 1.37. The van der Waals surface area contributed by atoms with Crippen LogP contribution in [0, 0.1) is 0 Å². The van der Waals surface area contributed by atoms with Crippen LogP contribution >= 0.6 is 11.6 Å². The molecule has 2 aromatic rings. The maximum Gasteiger partial charge on any atom is 0.237 e. The van der Waals surface area contributed by atoms with E-state index in [9.17, 15) is 0 Å². The van der Waals surface area contributed by atoms with Gasteiger partial charge in [-0.3, -0.25) is 4.98 Å². The van der Waals surface area contributed by atoms with E-state index in [1.165, 1.54) is 0 Å². The van der Waals surface area contributed by atoms with Gasteiger partial charge in [-0.05, 0) is 24.3 Å². The summed E-state index contributed by atoms with van der Waals surface area (Å²) >= 11 is 5.62. The van der Waals surface area contributed by atoms with Crippen LogP contribution < -0.4 is 9.47 Å². The highest BCUT2D eigenvalue weighted by atomic mass is 35.5. The molecular formula is C12H11ClN2O2. The molecule has 2 rings (SSSR count). The van der Waals surface area contributed by atoms with E-state index in [2.05, 4.69) is 9.97 Å². The molecule has 5 heteroatoms. The van der Waals surface area contributed by atoms with Gasteiger partial charge < -0.3 is 9.47 Å². The highest BCUT2D eigenvalue weighted by Crippen LogP contribution is 2.21. The second kappa shape index (κ2) is 5.50. The Hall–Kier alpha value is -1.81. The van der Waals surface area contributed by atoms with Crippen LogP contribution in [0.3, 0.4) is 0 Å². The monoisotopic (exact) mass is 250 g/mol. The number of hydrogen-bond acceptors (Lipinski definition) is 4. The topological polar surface area (TPSA) is 44.2 Å². The van der Waals surface area contributed by atoms with Crippen molar-refractivity contribution >= 4 is 11.6 Å². The Morgan fingerprint density at radius 2 is 1.76 bits per heavy atom. The molecule has 0 fully saturated rings. The van der Waals surface area contributed by atoms with Crippen molar-refractivity contribution in [3.05, 3.63) is 42.4 Å². The number of hydrogen-bond donors (Lipinski definition) is 0. The van der Waals surface area contributed by atoms with Gasteiger partial charge in [-0.15, -0.1) is 11.6 Å². The molecule has 0 aliphatic carbocycles. The van der Waals surface area contributed by atoms with E-state index in [0.717, 1.165) is 5.75 Å². The fraction of sp³-hybridized carbons (Fsp3) is 0.167. The van der Waals surface area contributed by atoms with Gasteiger partial charge in [0, 0.05) is 0 Å². The minimum absolute atomic E-state index is 0.343. The third kappa shape index (κ3) is 3.07. The summed E-state index contributed by atoms with van der Waals surface area (Å²) in [6.07, 6.45) is 3.13. The smallest absolute Gasteiger partial charge is 0.237 e. The first-order valence-corrected chi connectivity index (χ1v) is 5.54. The first kappa shape index (κ1) is 11.7. The lowest BCUT2D eigenvalue weighted by atomic mass is 10.3. The van der Waals surface area contributed by atoms with Gasteiger partial charge in [0.25, 0.3) is 0 Å². The Balaban J connectivity index is 2.08. The molecule has 4 nitrogen and oxygen atoms in total. The van der Waals surface area contributed by atoms with Gasteiger partial charge in [-0.25, -0.2) is 4.98 Å². The normalized spacial score (nSPS) is 10.0. The molecule has 0 radical (unpaired) electrons. The molecule has 1 aromatic heterocycles. The van der Waals surface area contributed by atoms with Crippen LogP contribution in [0.15, 0.2) is 36.7 Å². The van der Waals surface area contributed by atoms with Gasteiger partial charge in [0.05, 0.1) is 31.1 Å². The lowest BCUT2D eigenvalue weighted by molar-refractivity contribution is 0.412. The number of benzene rings is 1. The lowest BCUT2D eigenvalue weighted by Gasteiger charge is -2.05. The van der Waals surface area contributed by atoms with Crippen molar-refractivity contribution in [2.45, 2.75) is 5.88 Å². The fourth-order valence-electron chi connectivity index (χ4n) is 1.23. The molecule has 0 aliphatic heterocycles. The molecule has 0 saturated carbocycles. The summed E-state index contributed by atoms with van der Waals surface area (Å²) in [6, 6.07) is 7.23. The highest BCUT2D eigenvalue weighted by Gasteiger charge is 2.00. The summed E-state index contributed by atoms with van der Waals surface area (Å²) in [7, 11) is 1.62. The van der Waals surface area contributed by atoms with E-state index in [-0.39, 0.29) is 0 Å². The number of rotatable bonds is 4. The molecule has 0 unspecified atom stereocenters. The molecule has 0 spiro atoms. The summed E-state index contributed by atoms with van der Waals surface area (Å²) in [6.45, 7) is 0. The van der Waals surface area contributed by atoms with Gasteiger partial charge in [0.1, 0.15) is 11.5 Å². The van der Waals surface area contributed by atoms with Crippen LogP contribution in [-0.2, 0) is 5.88 Å². The summed E-state index contributed by atoms with van der Waals surface area (Å²) in [5, 5.41) is 0. The summed E-state index contributed by atoms with van der Waals surface area (Å²) in [5.41, 5.74) is 0.716. The Kier molecular flexibility index (Phi) is 3.77. The number of alkyl halides is 1. The maximum atomic E-state index is 5.62. The van der Waals surface area contributed by atoms with Crippen LogP contribution in [0.5, 0.6) is 17.4 Å². The van der Waals surface area contributed by atoms with Crippen LogP contribution in [-0.4, -0.2) is 17.1 Å². The van der Waals surface area contributed by atoms with Gasteiger partial charge in [0.15, 0.2) is 0 Å². The van der Waals surface area contributed by atoms with Crippen LogP contribution in [0.4, 0.5) is 0 Å². The number of aromatic nitrogens is 2. The van der Waals surface area contributed by atoms with Crippen LogP contribution in [0.2, 0.25) is 0 Å². The molecule has 0 saturated heterocycles. The van der Waals surface area contributed by atoms with Gasteiger partial charge >= 0.3 is 0 Å². The van der Waals surface area contributed by atoms with E-state index in [0.29, 0.717) is 23.2 Å². The second-order valence-electron chi connectivity index (χ2n) is 3.26. The molecule has 0 bridgehead atoms. The molecule has 0 amide bonds. The van der Waals surface area contributed by atoms with Crippen molar-refractivity contribution in [3.63, 3.8) is 0 Å². The maximum absolute atomic E-state index is 5.62. The second-order valence-corrected chi connectivity index (χ2v) is 3.52. The molecule has 0 aliphatic rings. The largest absolute Gasteiger partial charge is 0.497 e. The van der Waals surface area contributed by atoms with Crippen molar-refractivity contribution in [3.8, 4) is 17.4 Å². The van der Waals surface area contributed by atoms with Crippen molar-refractivity contribution in [2.75, 3.05) is 7.11 Å². The SMILES string of the molecule is COc1ccc(Oc2cnc(CCl)cn2)cc1. The van der Waals surface area contributed by atoms with E-state index >= 15 is 0 Å². The molecule has 0 atom stereocenters. The standard InChI is InChI=1S/C12H11ClN2O2/c1-16-10-2-4-11(5-3-10)17-12-8-14-9(6-13)7-15-12/h2-5,7-8H,6H2,1H3. The van der Waals surface area contributed by atoms with Crippen LogP contribution in [0.25, 0.3) is 0 Å². The van der Waals surface area contributed by atoms with E-state index in [1.54, 1.807) is 31.6 Å². The van der Waals surface area contributed by atoms with Crippen molar-refractivity contribution in [1.29, 1.82) is 0 Å². The Morgan fingerprint density at radius 1 is 1.06 bits per heavy atom. The molecule has 1 heterocycles. The molecule has 17 heavy (non-hydrogen) atoms. The van der Waals surface area contributed by atoms with E-state index in [1.807, 2.05) is 12.1 Å². The number of methoxy groups -OCH3 is 1. The number of ether oxygens (including phenoxy) is 2. The third-order valence-corrected chi connectivity index (χ3v) is 2.37. The van der Waals surface area contributed by atoms with Crippen molar-refractivity contribution in [2.24, 2.45) is 0 Å². The minimum atomic E-state index is 0.343. The highest BCUT2D eigenvalue weighted by molar-refractivity contribution is 6.16. The first-order valence-electron chi connectivity index (χ1n) is 5.00. The van der Waals surface area contributed by atoms with Gasteiger partial charge in [-0.2, -0.15) is 0 Å². The average molecular weight is 251 g/mol. The summed E-state index contributed by atoms with van der Waals surface area (Å²) < 4.78 is 10.6. The summed E-state index contributed by atoms with van der Waals surface area (Å²) in [4.78, 5) is 8.17. The quantitative estimate of drug-likeness (QED) is 0.783. The third-order valence-electron chi connectivity index (χ3n) is 2.10. The zero-order valence-corrected chi connectivity index (χ0v) is 10.0.